The summed E-state index contributed by atoms with van der Waals surface area (Å²) in [4.78, 5) is 11.5. The van der Waals surface area contributed by atoms with E-state index in [-0.39, 0.29) is 16.7 Å². The SMILES string of the molecule is COC(=O)Nc1ccc(-c2cnn([C@@H](CC3CCCO3)c3ccc(-c4c(-n5cnnn5)ccc(Cl)c4F)c[n+]3[O-])c2)cc1. The van der Waals surface area contributed by atoms with Gasteiger partial charge < -0.3 is 14.7 Å². The molecule has 1 aliphatic heterocycles. The first-order valence-electron chi connectivity index (χ1n) is 13.5. The van der Waals surface area contributed by atoms with E-state index in [0.717, 1.165) is 28.7 Å². The molecule has 2 aromatic carbocycles. The summed E-state index contributed by atoms with van der Waals surface area (Å²) >= 11 is 6.11. The van der Waals surface area contributed by atoms with Gasteiger partial charge in [-0.25, -0.2) is 9.18 Å². The van der Waals surface area contributed by atoms with Crippen LogP contribution < -0.4 is 10.0 Å². The fourth-order valence-corrected chi connectivity index (χ4v) is 5.35. The van der Waals surface area contributed by atoms with Crippen LogP contribution in [-0.4, -0.2) is 55.9 Å². The Morgan fingerprint density at radius 3 is 2.72 bits per heavy atom. The molecule has 1 saturated heterocycles. The van der Waals surface area contributed by atoms with E-state index >= 15 is 4.39 Å². The van der Waals surface area contributed by atoms with Crippen LogP contribution in [0.1, 0.15) is 31.0 Å². The van der Waals surface area contributed by atoms with Crippen LogP contribution in [-0.2, 0) is 9.47 Å². The van der Waals surface area contributed by atoms with Crippen molar-refractivity contribution < 1.29 is 23.4 Å². The fourth-order valence-electron chi connectivity index (χ4n) is 5.19. The number of aromatic nitrogens is 7. The normalized spacial score (nSPS) is 15.4. The smallest absolute Gasteiger partial charge is 0.411 e. The van der Waals surface area contributed by atoms with Gasteiger partial charge in [0, 0.05) is 36.5 Å². The van der Waals surface area contributed by atoms with Crippen molar-refractivity contribution in [2.75, 3.05) is 19.0 Å². The largest absolute Gasteiger partial charge is 0.618 e. The molecule has 3 aromatic heterocycles. The molecule has 1 amide bonds. The molecule has 5 aromatic rings. The summed E-state index contributed by atoms with van der Waals surface area (Å²) in [5, 5.41) is 31.9. The summed E-state index contributed by atoms with van der Waals surface area (Å²) in [5.41, 5.74) is 3.43. The maximum Gasteiger partial charge on any atom is 0.411 e. The number of methoxy groups -OCH3 is 1. The van der Waals surface area contributed by atoms with Gasteiger partial charge in [0.2, 0.25) is 5.69 Å². The van der Waals surface area contributed by atoms with Crippen LogP contribution in [0.3, 0.4) is 0 Å². The Hall–Kier alpha value is -4.88. The molecule has 0 saturated carbocycles. The number of ether oxygens (including phenoxy) is 2. The average Bonchev–Trinajstić information content (AvgIpc) is 3.82. The lowest BCUT2D eigenvalue weighted by atomic mass is 10.0. The van der Waals surface area contributed by atoms with Crippen molar-refractivity contribution in [3.8, 4) is 27.9 Å². The summed E-state index contributed by atoms with van der Waals surface area (Å²) in [6.07, 6.45) is 7.97. The van der Waals surface area contributed by atoms with Crippen LogP contribution in [0.15, 0.2) is 73.4 Å². The molecule has 220 valence electrons. The number of benzene rings is 2. The Morgan fingerprint density at radius 1 is 1.21 bits per heavy atom. The molecule has 1 unspecified atom stereocenters. The Kier molecular flexibility index (Phi) is 7.99. The van der Waals surface area contributed by atoms with Crippen LogP contribution in [0, 0.1) is 11.0 Å². The maximum atomic E-state index is 15.4. The Morgan fingerprint density at radius 2 is 2.02 bits per heavy atom. The molecule has 0 spiro atoms. The standard InChI is InChI=1S/C29H26ClFN8O4/c1-42-29(40)34-21-7-4-18(5-8-21)20-14-33-37(15-20)26(13-22-3-2-12-43-22)24-10-6-19(16-39(24)41)27-25(38-17-32-35-36-38)11-9-23(30)28(27)31/h4-11,14-17,22,26H,2-3,12-13H2,1H3,(H,34,40)/t22?,26-/m0/s1. The highest BCUT2D eigenvalue weighted by atomic mass is 35.5. The molecule has 4 heterocycles. The molecule has 0 bridgehead atoms. The van der Waals surface area contributed by atoms with E-state index in [1.807, 2.05) is 18.3 Å². The lowest BCUT2D eigenvalue weighted by molar-refractivity contribution is -0.615. The number of carbonyl (C=O) groups excluding carboxylic acids is 1. The Bertz CT molecular complexity index is 1740. The van der Waals surface area contributed by atoms with Gasteiger partial charge in [-0.3, -0.25) is 10.00 Å². The van der Waals surface area contributed by atoms with Crippen molar-refractivity contribution in [1.29, 1.82) is 0 Å². The van der Waals surface area contributed by atoms with Gasteiger partial charge in [-0.2, -0.15) is 14.5 Å². The summed E-state index contributed by atoms with van der Waals surface area (Å²) < 4.78 is 29.7. The number of rotatable bonds is 8. The topological polar surface area (TPSA) is 136 Å². The van der Waals surface area contributed by atoms with Crippen molar-refractivity contribution in [2.24, 2.45) is 0 Å². The van der Waals surface area contributed by atoms with Crippen LogP contribution in [0.5, 0.6) is 0 Å². The van der Waals surface area contributed by atoms with Crippen molar-refractivity contribution in [3.05, 3.63) is 95.2 Å². The van der Waals surface area contributed by atoms with Gasteiger partial charge in [-0.15, -0.1) is 5.10 Å². The fraction of sp³-hybridized carbons (Fsp3) is 0.241. The van der Waals surface area contributed by atoms with Gasteiger partial charge >= 0.3 is 6.09 Å². The monoisotopic (exact) mass is 604 g/mol. The molecular formula is C29H26ClFN8O4. The molecule has 43 heavy (non-hydrogen) atoms. The number of halogens is 2. The lowest BCUT2D eigenvalue weighted by Gasteiger charge is -2.21. The Labute approximate surface area is 250 Å². The molecule has 1 N–H and O–H groups in total. The summed E-state index contributed by atoms with van der Waals surface area (Å²) in [6.45, 7) is 0.665. The van der Waals surface area contributed by atoms with Gasteiger partial charge in [-0.05, 0) is 59.2 Å². The molecule has 2 atom stereocenters. The van der Waals surface area contributed by atoms with Crippen molar-refractivity contribution in [2.45, 2.75) is 31.4 Å². The van der Waals surface area contributed by atoms with E-state index in [2.05, 4.69) is 30.7 Å². The molecule has 1 fully saturated rings. The quantitative estimate of drug-likeness (QED) is 0.194. The van der Waals surface area contributed by atoms with Crippen molar-refractivity contribution in [3.63, 3.8) is 0 Å². The van der Waals surface area contributed by atoms with E-state index in [9.17, 15) is 10.0 Å². The van der Waals surface area contributed by atoms with Gasteiger partial charge in [0.05, 0.1) is 41.2 Å². The number of anilines is 1. The number of tetrazole rings is 1. The zero-order chi connectivity index (χ0) is 29.9. The number of hydrogen-bond donors (Lipinski definition) is 1. The molecular weight excluding hydrogens is 579 g/mol. The third kappa shape index (κ3) is 5.90. The van der Waals surface area contributed by atoms with E-state index in [1.165, 1.54) is 30.4 Å². The van der Waals surface area contributed by atoms with Crippen LogP contribution in [0.25, 0.3) is 27.9 Å². The van der Waals surface area contributed by atoms with E-state index in [0.29, 0.717) is 35.7 Å². The highest BCUT2D eigenvalue weighted by Gasteiger charge is 2.30. The first kappa shape index (κ1) is 28.2. The second kappa shape index (κ2) is 12.2. The van der Waals surface area contributed by atoms with Gasteiger partial charge in [0.1, 0.15) is 12.4 Å². The zero-order valence-corrected chi connectivity index (χ0v) is 23.7. The summed E-state index contributed by atoms with van der Waals surface area (Å²) in [7, 11) is 1.30. The van der Waals surface area contributed by atoms with Crippen LogP contribution >= 0.6 is 11.6 Å². The number of hydrogen-bond acceptors (Lipinski definition) is 8. The third-order valence-corrected chi connectivity index (χ3v) is 7.62. The van der Waals surface area contributed by atoms with E-state index < -0.39 is 18.0 Å². The van der Waals surface area contributed by atoms with Crippen LogP contribution in [0.4, 0.5) is 14.9 Å². The third-order valence-electron chi connectivity index (χ3n) is 7.32. The molecule has 12 nitrogen and oxygen atoms in total. The molecule has 0 aliphatic carbocycles. The molecule has 1 aliphatic rings. The summed E-state index contributed by atoms with van der Waals surface area (Å²) in [5.74, 6) is -0.692. The highest BCUT2D eigenvalue weighted by molar-refractivity contribution is 6.31. The first-order chi connectivity index (χ1) is 20.9. The zero-order valence-electron chi connectivity index (χ0n) is 22.9. The predicted molar refractivity (Wildman–Crippen MR) is 154 cm³/mol. The number of carbonyl (C=O) groups is 1. The van der Waals surface area contributed by atoms with Crippen LogP contribution in [0.2, 0.25) is 5.02 Å². The minimum atomic E-state index is -0.692. The highest BCUT2D eigenvalue weighted by Crippen LogP contribution is 2.34. The second-order valence-corrected chi connectivity index (χ2v) is 10.4. The lowest BCUT2D eigenvalue weighted by Crippen LogP contribution is -2.36. The van der Waals surface area contributed by atoms with Crippen molar-refractivity contribution >= 4 is 23.4 Å². The minimum absolute atomic E-state index is 0.0437. The van der Waals surface area contributed by atoms with Crippen molar-refractivity contribution in [1.82, 2.24) is 30.0 Å². The number of amides is 1. The average molecular weight is 605 g/mol. The minimum Gasteiger partial charge on any atom is -0.618 e. The number of pyridine rings is 1. The van der Waals surface area contributed by atoms with E-state index in [4.69, 9.17) is 16.3 Å². The van der Waals surface area contributed by atoms with E-state index in [1.54, 1.807) is 41.2 Å². The second-order valence-electron chi connectivity index (χ2n) is 9.97. The van der Waals surface area contributed by atoms with Gasteiger partial charge in [0.15, 0.2) is 12.0 Å². The van der Waals surface area contributed by atoms with Gasteiger partial charge in [-0.1, -0.05) is 23.7 Å². The summed E-state index contributed by atoms with van der Waals surface area (Å²) in [6, 6.07) is 13.1. The Balaban J connectivity index is 1.34. The maximum absolute atomic E-state index is 15.4. The predicted octanol–water partition coefficient (Wildman–Crippen LogP) is 4.96. The first-order valence-corrected chi connectivity index (χ1v) is 13.8. The number of nitrogens with one attached hydrogen (secondary N) is 1. The van der Waals surface area contributed by atoms with Gasteiger partial charge in [0.25, 0.3) is 0 Å². The number of nitrogens with zero attached hydrogens (tertiary/aromatic N) is 7. The molecule has 14 heteroatoms. The molecule has 6 rings (SSSR count). The molecule has 0 radical (unpaired) electrons.